The summed E-state index contributed by atoms with van der Waals surface area (Å²) in [5.41, 5.74) is -0.0543. The topological polar surface area (TPSA) is 96.6 Å². The Balaban J connectivity index is 2.03. The summed E-state index contributed by atoms with van der Waals surface area (Å²) in [5, 5.41) is 19.4. The lowest BCUT2D eigenvalue weighted by atomic mass is 9.94. The number of carbonyl (C=O) groups is 1. The van der Waals surface area contributed by atoms with Gasteiger partial charge in [0.05, 0.1) is 9.40 Å². The van der Waals surface area contributed by atoms with Crippen molar-refractivity contribution in [1.82, 2.24) is 4.98 Å². The number of carboxylic acids is 1. The van der Waals surface area contributed by atoms with Crippen LogP contribution in [-0.2, 0) is 4.79 Å². The molecule has 2 rings (SSSR count). The second-order valence-corrected chi connectivity index (χ2v) is 5.64. The molecule has 0 atom stereocenters. The van der Waals surface area contributed by atoms with E-state index >= 15 is 0 Å². The summed E-state index contributed by atoms with van der Waals surface area (Å²) in [6.07, 6.45) is 3.01. The molecule has 0 aromatic carbocycles. The van der Waals surface area contributed by atoms with Crippen molar-refractivity contribution in [3.05, 3.63) is 26.9 Å². The van der Waals surface area contributed by atoms with Crippen LogP contribution in [0.5, 0.6) is 0 Å². The number of anilines is 1. The second kappa shape index (κ2) is 6.17. The van der Waals surface area contributed by atoms with Crippen LogP contribution in [0.4, 0.5) is 11.5 Å². The van der Waals surface area contributed by atoms with E-state index in [1.54, 1.807) is 0 Å². The fourth-order valence-corrected chi connectivity index (χ4v) is 2.94. The molecule has 2 heterocycles. The van der Waals surface area contributed by atoms with Crippen molar-refractivity contribution >= 4 is 33.4 Å². The number of nitrogens with zero attached hydrogens (tertiary/aromatic N) is 3. The molecule has 1 fully saturated rings. The van der Waals surface area contributed by atoms with Crippen LogP contribution in [0, 0.1) is 16.0 Å². The van der Waals surface area contributed by atoms with Crippen LogP contribution >= 0.6 is 15.9 Å². The highest BCUT2D eigenvalue weighted by molar-refractivity contribution is 9.10. The Morgan fingerprint density at radius 2 is 2.20 bits per heavy atom. The zero-order valence-electron chi connectivity index (χ0n) is 10.7. The number of carboxylic acid groups (broad SMARTS) is 1. The summed E-state index contributed by atoms with van der Waals surface area (Å²) in [4.78, 5) is 27.0. The van der Waals surface area contributed by atoms with Crippen LogP contribution in [0.1, 0.15) is 19.3 Å². The van der Waals surface area contributed by atoms with Gasteiger partial charge in [-0.15, -0.1) is 0 Å². The van der Waals surface area contributed by atoms with E-state index < -0.39 is 10.9 Å². The van der Waals surface area contributed by atoms with Gasteiger partial charge in [-0.1, -0.05) is 0 Å². The van der Waals surface area contributed by atoms with E-state index in [1.807, 2.05) is 4.90 Å². The molecule has 0 unspecified atom stereocenters. The standard InChI is InChI=1S/C12H14BrN3O4/c13-10-6-9(16(19)20)7-14-12(10)15-3-1-8(2-4-15)5-11(17)18/h6-8H,1-5H2,(H,17,18). The predicted octanol–water partition coefficient (Wildman–Crippen LogP) is 2.44. The number of rotatable bonds is 4. The Labute approximate surface area is 123 Å². The van der Waals surface area contributed by atoms with Crippen molar-refractivity contribution < 1.29 is 14.8 Å². The second-order valence-electron chi connectivity index (χ2n) is 4.78. The van der Waals surface area contributed by atoms with Gasteiger partial charge in [-0.25, -0.2) is 4.98 Å². The SMILES string of the molecule is O=C(O)CC1CCN(c2ncc([N+](=O)[O-])cc2Br)CC1. The highest BCUT2D eigenvalue weighted by Crippen LogP contribution is 2.31. The van der Waals surface area contributed by atoms with Crippen molar-refractivity contribution in [2.45, 2.75) is 19.3 Å². The highest BCUT2D eigenvalue weighted by atomic mass is 79.9. The maximum absolute atomic E-state index is 10.7. The molecule has 7 nitrogen and oxygen atoms in total. The van der Waals surface area contributed by atoms with Gasteiger partial charge in [0.15, 0.2) is 0 Å². The quantitative estimate of drug-likeness (QED) is 0.666. The highest BCUT2D eigenvalue weighted by Gasteiger charge is 2.24. The molecule has 8 heteroatoms. The number of aromatic nitrogens is 1. The zero-order chi connectivity index (χ0) is 14.7. The van der Waals surface area contributed by atoms with Crippen LogP contribution in [0.3, 0.4) is 0 Å². The minimum atomic E-state index is -0.766. The van der Waals surface area contributed by atoms with Crippen LogP contribution in [0.2, 0.25) is 0 Å². The van der Waals surface area contributed by atoms with Gasteiger partial charge in [0, 0.05) is 25.6 Å². The number of halogens is 1. The van der Waals surface area contributed by atoms with Crippen molar-refractivity contribution in [3.63, 3.8) is 0 Å². The van der Waals surface area contributed by atoms with E-state index in [-0.39, 0.29) is 18.0 Å². The Morgan fingerprint density at radius 1 is 1.55 bits per heavy atom. The first kappa shape index (κ1) is 14.7. The number of pyridine rings is 1. The predicted molar refractivity (Wildman–Crippen MR) is 75.8 cm³/mol. The fraction of sp³-hybridized carbons (Fsp3) is 0.500. The molecule has 0 saturated carbocycles. The number of nitro groups is 1. The third-order valence-corrected chi connectivity index (χ3v) is 3.98. The van der Waals surface area contributed by atoms with Crippen molar-refractivity contribution in [2.24, 2.45) is 5.92 Å². The lowest BCUT2D eigenvalue weighted by molar-refractivity contribution is -0.385. The number of piperidine rings is 1. The van der Waals surface area contributed by atoms with Crippen LogP contribution in [0.15, 0.2) is 16.7 Å². The summed E-state index contributed by atoms with van der Waals surface area (Å²) in [6.45, 7) is 1.42. The molecule has 1 saturated heterocycles. The van der Waals surface area contributed by atoms with E-state index in [1.165, 1.54) is 12.3 Å². The van der Waals surface area contributed by atoms with E-state index in [0.29, 0.717) is 23.4 Å². The third kappa shape index (κ3) is 3.44. The van der Waals surface area contributed by atoms with E-state index in [2.05, 4.69) is 20.9 Å². The largest absolute Gasteiger partial charge is 0.481 e. The Kier molecular flexibility index (Phi) is 4.53. The molecule has 20 heavy (non-hydrogen) atoms. The molecule has 0 amide bonds. The number of aliphatic carboxylic acids is 1. The molecular formula is C12H14BrN3O4. The minimum Gasteiger partial charge on any atom is -0.481 e. The first-order chi connectivity index (χ1) is 9.47. The lowest BCUT2D eigenvalue weighted by Gasteiger charge is -2.32. The van der Waals surface area contributed by atoms with Gasteiger partial charge in [-0.3, -0.25) is 14.9 Å². The first-order valence-corrected chi connectivity index (χ1v) is 7.03. The summed E-state index contributed by atoms with van der Waals surface area (Å²) < 4.78 is 0.586. The monoisotopic (exact) mass is 343 g/mol. The van der Waals surface area contributed by atoms with Gasteiger partial charge in [0.25, 0.3) is 5.69 Å². The summed E-state index contributed by atoms with van der Waals surface area (Å²) in [6, 6.07) is 1.44. The first-order valence-electron chi connectivity index (χ1n) is 6.24. The maximum atomic E-state index is 10.7. The molecule has 1 aliphatic rings. The zero-order valence-corrected chi connectivity index (χ0v) is 12.2. The molecule has 108 valence electrons. The Hall–Kier alpha value is -1.70. The van der Waals surface area contributed by atoms with Gasteiger partial charge in [0.1, 0.15) is 12.0 Å². The normalized spacial score (nSPS) is 16.1. The average molecular weight is 344 g/mol. The summed E-state index contributed by atoms with van der Waals surface area (Å²) in [5.74, 6) is 0.100. The Morgan fingerprint density at radius 3 is 2.70 bits per heavy atom. The van der Waals surface area contributed by atoms with E-state index in [4.69, 9.17) is 5.11 Å². The summed E-state index contributed by atoms with van der Waals surface area (Å²) >= 11 is 3.30. The lowest BCUT2D eigenvalue weighted by Crippen LogP contribution is -2.35. The molecule has 0 radical (unpaired) electrons. The molecule has 0 spiro atoms. The van der Waals surface area contributed by atoms with Gasteiger partial charge in [-0.05, 0) is 34.7 Å². The molecule has 1 N–H and O–H groups in total. The molecule has 1 aromatic rings. The van der Waals surface area contributed by atoms with Gasteiger partial charge in [0.2, 0.25) is 0 Å². The average Bonchev–Trinajstić information content (AvgIpc) is 2.39. The smallest absolute Gasteiger partial charge is 0.303 e. The number of hydrogen-bond donors (Lipinski definition) is 1. The van der Waals surface area contributed by atoms with Crippen molar-refractivity contribution in [3.8, 4) is 0 Å². The molecule has 1 aromatic heterocycles. The fourth-order valence-electron chi connectivity index (χ4n) is 2.35. The van der Waals surface area contributed by atoms with Crippen molar-refractivity contribution in [1.29, 1.82) is 0 Å². The molecule has 0 aliphatic carbocycles. The van der Waals surface area contributed by atoms with Gasteiger partial charge < -0.3 is 10.0 Å². The molecular weight excluding hydrogens is 330 g/mol. The third-order valence-electron chi connectivity index (χ3n) is 3.40. The van der Waals surface area contributed by atoms with Gasteiger partial charge in [-0.2, -0.15) is 0 Å². The van der Waals surface area contributed by atoms with Crippen LogP contribution < -0.4 is 4.90 Å². The van der Waals surface area contributed by atoms with E-state index in [0.717, 1.165) is 12.8 Å². The van der Waals surface area contributed by atoms with Crippen LogP contribution in [-0.4, -0.2) is 34.1 Å². The minimum absolute atomic E-state index is 0.0543. The molecule has 0 bridgehead atoms. The maximum Gasteiger partial charge on any atom is 0.303 e. The molecule has 1 aliphatic heterocycles. The summed E-state index contributed by atoms with van der Waals surface area (Å²) in [7, 11) is 0. The Bertz CT molecular complexity index is 529. The van der Waals surface area contributed by atoms with Crippen LogP contribution in [0.25, 0.3) is 0 Å². The van der Waals surface area contributed by atoms with E-state index in [9.17, 15) is 14.9 Å². The number of hydrogen-bond acceptors (Lipinski definition) is 5. The van der Waals surface area contributed by atoms with Gasteiger partial charge >= 0.3 is 5.97 Å². The van der Waals surface area contributed by atoms with Crippen molar-refractivity contribution in [2.75, 3.05) is 18.0 Å².